The van der Waals surface area contributed by atoms with Crippen molar-refractivity contribution in [2.24, 2.45) is 17.6 Å². The molecule has 2 aliphatic heterocycles. The van der Waals surface area contributed by atoms with Crippen molar-refractivity contribution in [3.63, 3.8) is 0 Å². The van der Waals surface area contributed by atoms with Crippen LogP contribution in [0.5, 0.6) is 0 Å². The smallest absolute Gasteiger partial charge is 0.242 e. The van der Waals surface area contributed by atoms with E-state index in [2.05, 4.69) is 17.3 Å². The minimum absolute atomic E-state index is 0.00211. The normalized spacial score (nSPS) is 24.4. The highest BCUT2D eigenvalue weighted by molar-refractivity contribution is 5.92. The molecule has 2 unspecified atom stereocenters. The number of hydrogen-bond donors (Lipinski definition) is 2. The molecule has 0 radical (unpaired) electrons. The van der Waals surface area contributed by atoms with Crippen LogP contribution in [0.2, 0.25) is 0 Å². The second-order valence-electron chi connectivity index (χ2n) is 8.79. The monoisotopic (exact) mass is 390 g/mol. The van der Waals surface area contributed by atoms with Crippen LogP contribution in [0.25, 0.3) is 0 Å². The van der Waals surface area contributed by atoms with Gasteiger partial charge in [-0.1, -0.05) is 0 Å². The maximum Gasteiger partial charge on any atom is 0.242 e. The van der Waals surface area contributed by atoms with E-state index < -0.39 is 5.54 Å². The van der Waals surface area contributed by atoms with Gasteiger partial charge in [-0.3, -0.25) is 9.59 Å². The predicted octanol–water partition coefficient (Wildman–Crippen LogP) is 2.06. The third-order valence-electron chi connectivity index (χ3n) is 6.01. The molecule has 154 valence electrons. The number of hydrogen-bond acceptors (Lipinski definition) is 4. The van der Waals surface area contributed by atoms with Gasteiger partial charge in [-0.05, 0) is 70.3 Å². The number of nitrogens with two attached hydrogens (primary N) is 1. The number of nitrogens with one attached hydrogen (secondary N) is 1. The molecule has 0 spiro atoms. The van der Waals surface area contributed by atoms with Gasteiger partial charge in [0.1, 0.15) is 5.82 Å². The lowest BCUT2D eigenvalue weighted by Crippen LogP contribution is -2.54. The van der Waals surface area contributed by atoms with Crippen LogP contribution in [0.4, 0.5) is 10.1 Å². The van der Waals surface area contributed by atoms with Crippen molar-refractivity contribution in [2.45, 2.75) is 44.7 Å². The van der Waals surface area contributed by atoms with Crippen molar-refractivity contribution in [1.82, 2.24) is 9.80 Å². The molecule has 2 amide bonds. The summed E-state index contributed by atoms with van der Waals surface area (Å²) in [6, 6.07) is 6.19. The zero-order valence-corrected chi connectivity index (χ0v) is 17.0. The van der Waals surface area contributed by atoms with Gasteiger partial charge in [-0.15, -0.1) is 0 Å². The van der Waals surface area contributed by atoms with Crippen molar-refractivity contribution in [2.75, 3.05) is 32.0 Å². The van der Waals surface area contributed by atoms with E-state index in [0.717, 1.165) is 32.4 Å². The van der Waals surface area contributed by atoms with Crippen molar-refractivity contribution in [3.05, 3.63) is 30.1 Å². The number of nitrogens with zero attached hydrogens (tertiary/aromatic N) is 2. The van der Waals surface area contributed by atoms with Crippen LogP contribution in [0, 0.1) is 17.7 Å². The average Bonchev–Trinajstić information content (AvgIpc) is 3.04. The van der Waals surface area contributed by atoms with Gasteiger partial charge in [0.2, 0.25) is 11.8 Å². The Kier molecular flexibility index (Phi) is 6.05. The molecule has 1 aromatic carbocycles. The Morgan fingerprint density at radius 2 is 1.79 bits per heavy atom. The van der Waals surface area contributed by atoms with Gasteiger partial charge in [0.05, 0.1) is 11.5 Å². The lowest BCUT2D eigenvalue weighted by atomic mass is 9.86. The van der Waals surface area contributed by atoms with Gasteiger partial charge in [-0.25, -0.2) is 4.39 Å². The highest BCUT2D eigenvalue weighted by atomic mass is 19.1. The molecule has 3 N–H and O–H groups in total. The summed E-state index contributed by atoms with van der Waals surface area (Å²) in [6.45, 7) is 5.65. The highest BCUT2D eigenvalue weighted by Gasteiger charge is 2.40. The van der Waals surface area contributed by atoms with Gasteiger partial charge in [0, 0.05) is 31.4 Å². The fourth-order valence-corrected chi connectivity index (χ4v) is 4.44. The maximum atomic E-state index is 13.0. The molecular formula is C21H31FN4O2. The van der Waals surface area contributed by atoms with Crippen LogP contribution in [0.1, 0.15) is 33.1 Å². The number of rotatable bonds is 4. The standard InChI is InChI=1S/C21H31FN4O2/c1-21(2,23)20(28)26-10-8-14(9-11-26)18-12-15(13-25(18)3)19(27)24-17-6-4-16(22)5-7-17/h4-7,14-15,18H,8-13,23H2,1-3H3,(H,24,27). The zero-order valence-electron chi connectivity index (χ0n) is 17.0. The van der Waals surface area contributed by atoms with Crippen molar-refractivity contribution < 1.29 is 14.0 Å². The van der Waals surface area contributed by atoms with Crippen LogP contribution >= 0.6 is 0 Å². The number of anilines is 1. The van der Waals surface area contributed by atoms with Crippen LogP contribution in [-0.4, -0.2) is 59.9 Å². The quantitative estimate of drug-likeness (QED) is 0.825. The number of carbonyl (C=O) groups is 2. The van der Waals surface area contributed by atoms with E-state index in [9.17, 15) is 14.0 Å². The minimum Gasteiger partial charge on any atom is -0.341 e. The topological polar surface area (TPSA) is 78.7 Å². The lowest BCUT2D eigenvalue weighted by Gasteiger charge is -2.39. The third-order valence-corrected chi connectivity index (χ3v) is 6.01. The van der Waals surface area contributed by atoms with Crippen LogP contribution < -0.4 is 11.1 Å². The fraction of sp³-hybridized carbons (Fsp3) is 0.619. The minimum atomic E-state index is -0.833. The number of likely N-dealkylation sites (tertiary alicyclic amines) is 2. The number of halogens is 1. The molecule has 0 bridgehead atoms. The fourth-order valence-electron chi connectivity index (χ4n) is 4.44. The first kappa shape index (κ1) is 20.7. The van der Waals surface area contributed by atoms with E-state index in [4.69, 9.17) is 5.73 Å². The molecule has 2 saturated heterocycles. The Labute approximate surface area is 166 Å². The maximum absolute atomic E-state index is 13.0. The molecule has 0 aliphatic carbocycles. The van der Waals surface area contributed by atoms with Gasteiger partial charge in [-0.2, -0.15) is 0 Å². The molecule has 2 aliphatic rings. The summed E-state index contributed by atoms with van der Waals surface area (Å²) >= 11 is 0. The number of carbonyl (C=O) groups excluding carboxylic acids is 2. The first-order valence-electron chi connectivity index (χ1n) is 10.00. The van der Waals surface area contributed by atoms with Gasteiger partial charge in [0.25, 0.3) is 0 Å². The van der Waals surface area contributed by atoms with E-state index in [-0.39, 0.29) is 23.5 Å². The van der Waals surface area contributed by atoms with E-state index in [1.165, 1.54) is 12.1 Å². The second kappa shape index (κ2) is 8.17. The number of benzene rings is 1. The molecule has 0 aromatic heterocycles. The Balaban J connectivity index is 1.53. The average molecular weight is 391 g/mol. The molecule has 1 aromatic rings. The zero-order chi connectivity index (χ0) is 20.5. The Morgan fingerprint density at radius 1 is 1.18 bits per heavy atom. The molecule has 3 rings (SSSR count). The molecule has 2 atom stereocenters. The van der Waals surface area contributed by atoms with Crippen molar-refractivity contribution in [3.8, 4) is 0 Å². The van der Waals surface area contributed by atoms with Crippen molar-refractivity contribution >= 4 is 17.5 Å². The van der Waals surface area contributed by atoms with Crippen LogP contribution in [-0.2, 0) is 9.59 Å². The van der Waals surface area contributed by atoms with Crippen LogP contribution in [0.3, 0.4) is 0 Å². The van der Waals surface area contributed by atoms with Gasteiger partial charge in [0.15, 0.2) is 0 Å². The van der Waals surface area contributed by atoms with Gasteiger partial charge < -0.3 is 20.9 Å². The number of piperidine rings is 1. The Bertz CT molecular complexity index is 708. The second-order valence-corrected chi connectivity index (χ2v) is 8.79. The van der Waals surface area contributed by atoms with E-state index in [0.29, 0.717) is 24.2 Å². The van der Waals surface area contributed by atoms with E-state index >= 15 is 0 Å². The summed E-state index contributed by atoms with van der Waals surface area (Å²) in [6.07, 6.45) is 2.68. The summed E-state index contributed by atoms with van der Waals surface area (Å²) in [5.41, 5.74) is 5.73. The SMILES string of the molecule is CN1CC(C(=O)Nc2ccc(F)cc2)CC1C1CCN(C(=O)C(C)(C)N)CC1. The summed E-state index contributed by atoms with van der Waals surface area (Å²) in [4.78, 5) is 29.1. The summed E-state index contributed by atoms with van der Waals surface area (Å²) < 4.78 is 13.0. The molecule has 2 fully saturated rings. The molecule has 2 heterocycles. The molecule has 28 heavy (non-hydrogen) atoms. The first-order valence-corrected chi connectivity index (χ1v) is 10.00. The van der Waals surface area contributed by atoms with Gasteiger partial charge >= 0.3 is 0 Å². The van der Waals surface area contributed by atoms with E-state index in [1.807, 2.05) is 4.90 Å². The first-order chi connectivity index (χ1) is 13.1. The Morgan fingerprint density at radius 3 is 2.36 bits per heavy atom. The lowest BCUT2D eigenvalue weighted by molar-refractivity contribution is -0.137. The van der Waals surface area contributed by atoms with Crippen LogP contribution in [0.15, 0.2) is 24.3 Å². The highest BCUT2D eigenvalue weighted by Crippen LogP contribution is 2.33. The molecule has 7 heteroatoms. The molecule has 6 nitrogen and oxygen atoms in total. The Hall–Kier alpha value is -1.99. The largest absolute Gasteiger partial charge is 0.341 e. The third kappa shape index (κ3) is 4.70. The summed E-state index contributed by atoms with van der Waals surface area (Å²) in [5.74, 6) is 0.0588. The summed E-state index contributed by atoms with van der Waals surface area (Å²) in [7, 11) is 2.07. The van der Waals surface area contributed by atoms with Crippen molar-refractivity contribution in [1.29, 1.82) is 0 Å². The number of amides is 2. The summed E-state index contributed by atoms with van der Waals surface area (Å²) in [5, 5.41) is 2.89. The molecule has 0 saturated carbocycles. The molecular weight excluding hydrogens is 359 g/mol. The van der Waals surface area contributed by atoms with E-state index in [1.54, 1.807) is 26.0 Å². The predicted molar refractivity (Wildman–Crippen MR) is 107 cm³/mol.